The molecule has 2 heteroatoms. The summed E-state index contributed by atoms with van der Waals surface area (Å²) < 4.78 is 3.12. The third-order valence-corrected chi connectivity index (χ3v) is 1.49. The Balaban J connectivity index is 0. The highest BCUT2D eigenvalue weighted by Crippen LogP contribution is 2.06. The monoisotopic (exact) mass is 161 g/mol. The van der Waals surface area contributed by atoms with Gasteiger partial charge in [-0.1, -0.05) is 45.7 Å². The summed E-state index contributed by atoms with van der Waals surface area (Å²) in [4.78, 5) is 0. The molecule has 1 unspecified atom stereocenters. The van der Waals surface area contributed by atoms with Gasteiger partial charge in [0.05, 0.1) is 0 Å². The summed E-state index contributed by atoms with van der Waals surface area (Å²) >= 11 is 1.65. The summed E-state index contributed by atoms with van der Waals surface area (Å²) in [5.74, 6) is 0. The van der Waals surface area contributed by atoms with Crippen LogP contribution in [0.25, 0.3) is 0 Å². The second-order valence-corrected chi connectivity index (χ2v) is 2.10. The van der Waals surface area contributed by atoms with Crippen molar-refractivity contribution in [2.75, 3.05) is 0 Å². The van der Waals surface area contributed by atoms with E-state index in [2.05, 4.69) is 23.1 Å². The average Bonchev–Trinajstić information content (AvgIpc) is 2.48. The summed E-state index contributed by atoms with van der Waals surface area (Å²) in [5, 5.41) is 2.06. The molecule has 1 aliphatic heterocycles. The van der Waals surface area contributed by atoms with Crippen molar-refractivity contribution in [3.63, 3.8) is 0 Å². The Morgan fingerprint density at radius 2 is 1.70 bits per heavy atom. The Kier molecular flexibility index (Phi) is 15.0. The first kappa shape index (κ1) is 12.7. The summed E-state index contributed by atoms with van der Waals surface area (Å²) in [6, 6.07) is 0.579. The van der Waals surface area contributed by atoms with E-state index in [9.17, 15) is 0 Å². The van der Waals surface area contributed by atoms with Gasteiger partial charge in [-0.25, -0.2) is 0 Å². The highest BCUT2D eigenvalue weighted by atomic mass is 32.2. The largest absolute Gasteiger partial charge is 0.254 e. The summed E-state index contributed by atoms with van der Waals surface area (Å²) in [5.41, 5.74) is 0. The van der Waals surface area contributed by atoms with Gasteiger partial charge in [0.25, 0.3) is 0 Å². The lowest BCUT2D eigenvalue weighted by molar-refractivity contribution is 0.869. The van der Waals surface area contributed by atoms with Gasteiger partial charge in [-0.15, -0.1) is 0 Å². The fourth-order valence-corrected chi connectivity index (χ4v) is 1.03. The van der Waals surface area contributed by atoms with Crippen molar-refractivity contribution in [2.24, 2.45) is 0 Å². The van der Waals surface area contributed by atoms with Gasteiger partial charge in [-0.2, -0.15) is 0 Å². The maximum atomic E-state index is 3.12. The molecule has 1 nitrogen and oxygen atoms in total. The van der Waals surface area contributed by atoms with Gasteiger partial charge in [0.15, 0.2) is 0 Å². The van der Waals surface area contributed by atoms with Crippen molar-refractivity contribution in [3.8, 4) is 0 Å². The standard InChI is InChI=1S/C4H7NS.2C2H6/c1-4-2-3-6-5-4;2*1-2/h2-5H,1H3;2*1-2H3. The molecule has 0 radical (unpaired) electrons. The van der Waals surface area contributed by atoms with Crippen LogP contribution in [0.2, 0.25) is 0 Å². The van der Waals surface area contributed by atoms with Crippen molar-refractivity contribution < 1.29 is 0 Å². The first-order valence-electron chi connectivity index (χ1n) is 3.97. The third kappa shape index (κ3) is 8.05. The van der Waals surface area contributed by atoms with Crippen LogP contribution >= 0.6 is 11.9 Å². The molecule has 0 aromatic rings. The minimum Gasteiger partial charge on any atom is -0.254 e. The molecule has 0 saturated heterocycles. The zero-order chi connectivity index (χ0) is 8.41. The quantitative estimate of drug-likeness (QED) is 0.548. The Labute approximate surface area is 69.4 Å². The van der Waals surface area contributed by atoms with Crippen LogP contribution in [0.15, 0.2) is 11.5 Å². The SMILES string of the molecule is CC.CC.CC1C=CSN1. The lowest BCUT2D eigenvalue weighted by Gasteiger charge is -1.92. The van der Waals surface area contributed by atoms with Crippen LogP contribution < -0.4 is 4.72 Å². The van der Waals surface area contributed by atoms with E-state index in [1.807, 2.05) is 27.7 Å². The van der Waals surface area contributed by atoms with Gasteiger partial charge >= 0.3 is 0 Å². The van der Waals surface area contributed by atoms with Crippen LogP contribution in [-0.2, 0) is 0 Å². The van der Waals surface area contributed by atoms with E-state index in [1.54, 1.807) is 11.9 Å². The van der Waals surface area contributed by atoms with Gasteiger partial charge < -0.3 is 0 Å². The molecular formula is C8H19NS. The Morgan fingerprint density at radius 3 is 1.80 bits per heavy atom. The van der Waals surface area contributed by atoms with E-state index in [0.29, 0.717) is 6.04 Å². The van der Waals surface area contributed by atoms with Crippen molar-refractivity contribution in [3.05, 3.63) is 11.5 Å². The molecule has 0 amide bonds. The number of hydrogen-bond donors (Lipinski definition) is 1. The molecule has 0 aliphatic carbocycles. The maximum Gasteiger partial charge on any atom is 0.0334 e. The Morgan fingerprint density at radius 1 is 1.20 bits per heavy atom. The van der Waals surface area contributed by atoms with Crippen LogP contribution in [0.1, 0.15) is 34.6 Å². The van der Waals surface area contributed by atoms with Gasteiger partial charge in [0, 0.05) is 6.04 Å². The Hall–Kier alpha value is 0.0500. The summed E-state index contributed by atoms with van der Waals surface area (Å²) in [6.07, 6.45) is 2.13. The topological polar surface area (TPSA) is 12.0 Å². The Bertz CT molecular complexity index is 71.7. The van der Waals surface area contributed by atoms with E-state index >= 15 is 0 Å². The number of nitrogens with one attached hydrogen (secondary N) is 1. The molecule has 1 atom stereocenters. The highest BCUT2D eigenvalue weighted by Gasteiger charge is 1.97. The lowest BCUT2D eigenvalue weighted by atomic mass is 10.4. The predicted molar refractivity (Wildman–Crippen MR) is 52.0 cm³/mol. The van der Waals surface area contributed by atoms with Crippen molar-refractivity contribution in [1.29, 1.82) is 0 Å². The molecule has 10 heavy (non-hydrogen) atoms. The first-order valence-corrected chi connectivity index (χ1v) is 4.85. The van der Waals surface area contributed by atoms with Crippen LogP contribution in [0.3, 0.4) is 0 Å². The fourth-order valence-electron chi connectivity index (χ4n) is 0.343. The van der Waals surface area contributed by atoms with Crippen LogP contribution in [0.5, 0.6) is 0 Å². The molecule has 1 rings (SSSR count). The second-order valence-electron chi connectivity index (χ2n) is 1.35. The molecule has 0 aromatic heterocycles. The van der Waals surface area contributed by atoms with E-state index in [1.165, 1.54) is 0 Å². The normalized spacial score (nSPS) is 20.3. The van der Waals surface area contributed by atoms with E-state index < -0.39 is 0 Å². The minimum atomic E-state index is 0.579. The summed E-state index contributed by atoms with van der Waals surface area (Å²) in [7, 11) is 0. The minimum absolute atomic E-state index is 0.579. The van der Waals surface area contributed by atoms with Crippen LogP contribution in [0, 0.1) is 0 Å². The molecule has 0 aromatic carbocycles. The van der Waals surface area contributed by atoms with Crippen molar-refractivity contribution in [2.45, 2.75) is 40.7 Å². The maximum absolute atomic E-state index is 3.12. The van der Waals surface area contributed by atoms with E-state index in [0.717, 1.165) is 0 Å². The smallest absolute Gasteiger partial charge is 0.0334 e. The fraction of sp³-hybridized carbons (Fsp3) is 0.750. The lowest BCUT2D eigenvalue weighted by Crippen LogP contribution is -2.09. The predicted octanol–water partition coefficient (Wildman–Crippen LogP) is 3.19. The molecule has 62 valence electrons. The first-order chi connectivity index (χ1) is 4.89. The molecule has 1 aliphatic rings. The van der Waals surface area contributed by atoms with Crippen LogP contribution in [-0.4, -0.2) is 6.04 Å². The van der Waals surface area contributed by atoms with Crippen LogP contribution in [0.4, 0.5) is 0 Å². The molecule has 0 spiro atoms. The second kappa shape index (κ2) is 11.8. The number of rotatable bonds is 0. The van der Waals surface area contributed by atoms with Gasteiger partial charge in [0.1, 0.15) is 0 Å². The van der Waals surface area contributed by atoms with Gasteiger partial charge in [0.2, 0.25) is 0 Å². The number of hydrogen-bond acceptors (Lipinski definition) is 2. The third-order valence-electron chi connectivity index (χ3n) is 0.689. The summed E-state index contributed by atoms with van der Waals surface area (Å²) in [6.45, 7) is 10.1. The zero-order valence-electron chi connectivity index (χ0n) is 7.64. The van der Waals surface area contributed by atoms with E-state index in [-0.39, 0.29) is 0 Å². The zero-order valence-corrected chi connectivity index (χ0v) is 8.46. The van der Waals surface area contributed by atoms with Gasteiger partial charge in [-0.3, -0.25) is 4.72 Å². The van der Waals surface area contributed by atoms with Gasteiger partial charge in [-0.05, 0) is 12.3 Å². The molecule has 1 N–H and O–H groups in total. The average molecular weight is 161 g/mol. The highest BCUT2D eigenvalue weighted by molar-refractivity contribution is 8.00. The van der Waals surface area contributed by atoms with Crippen molar-refractivity contribution in [1.82, 2.24) is 4.72 Å². The molecule has 0 saturated carbocycles. The molecule has 1 heterocycles. The molecule has 0 bridgehead atoms. The van der Waals surface area contributed by atoms with Crippen molar-refractivity contribution >= 4 is 11.9 Å². The molecular weight excluding hydrogens is 142 g/mol. The molecule has 0 fully saturated rings. The van der Waals surface area contributed by atoms with E-state index in [4.69, 9.17) is 0 Å².